The van der Waals surface area contributed by atoms with Gasteiger partial charge < -0.3 is 19.4 Å². The number of esters is 1. The lowest BCUT2D eigenvalue weighted by atomic mass is 9.71. The number of carbonyl (C=O) groups excluding carboxylic acids is 5. The first-order chi connectivity index (χ1) is 29.1. The Morgan fingerprint density at radius 3 is 1.44 bits per heavy atom. The van der Waals surface area contributed by atoms with Crippen LogP contribution in [0.25, 0.3) is 0 Å². The monoisotopic (exact) mass is 859 g/mol. The molecular weight excluding hydrogens is 787 g/mol. The third-order valence-corrected chi connectivity index (χ3v) is 10.0. The van der Waals surface area contributed by atoms with Crippen LogP contribution in [0.5, 0.6) is 0 Å². The maximum atomic E-state index is 13.0. The summed E-state index contributed by atoms with van der Waals surface area (Å²) < 4.78 is 10.8. The number of carboxylic acid groups (broad SMARTS) is 1. The van der Waals surface area contributed by atoms with Crippen molar-refractivity contribution in [2.24, 2.45) is 10.8 Å². The zero-order valence-corrected chi connectivity index (χ0v) is 39.4. The molecule has 0 aromatic carbocycles. The minimum Gasteiger partial charge on any atom is -0.481 e. The van der Waals surface area contributed by atoms with E-state index in [1.54, 1.807) is 14.0 Å². The second-order valence-electron chi connectivity index (χ2n) is 16.2. The zero-order valence-electron chi connectivity index (χ0n) is 39.4. The summed E-state index contributed by atoms with van der Waals surface area (Å²) in [6.07, 6.45) is 28.5. The van der Waals surface area contributed by atoms with E-state index in [9.17, 15) is 28.8 Å². The number of allylic oxidation sites excluding steroid dienone is 20. The molecule has 2 aliphatic carbocycles. The van der Waals surface area contributed by atoms with E-state index >= 15 is 0 Å². The molecule has 2 atom stereocenters. The third-order valence-electron chi connectivity index (χ3n) is 10.0. The lowest BCUT2D eigenvalue weighted by molar-refractivity contribution is -0.657. The molecule has 340 valence electrons. The van der Waals surface area contributed by atoms with Crippen LogP contribution in [0, 0.1) is 10.8 Å². The molecule has 0 fully saturated rings. The summed E-state index contributed by atoms with van der Waals surface area (Å²) in [7, 11) is 1.60. The standard InChI is InChI=1S/C45H60NO7.C4H6O3.C2H6/c1-30(18-14-20-32(3)22-24-36-34(5)42(49)38(51-11)28-44(36,7)8)16-12-13-17-31(2)19-15-21-33(4)23-25-37-35(6)43(50)39(29-45(37,9)10)52-40(47)26-27-41(48)53-46;5-3-1-2-4(6)7;1-2/h12-25,38-39H,26-29H2,1-11,46H3;3H,1-2H2,(H,6,7);1-2H3/q+1;;/b13-12+,18-14+,19-15+,24-22+,25-23+,30-16+,31-17+,32-20+,33-21+;;. The van der Waals surface area contributed by atoms with Gasteiger partial charge in [-0.3, -0.25) is 24.0 Å². The van der Waals surface area contributed by atoms with Crippen LogP contribution in [0.3, 0.4) is 0 Å². The number of quaternary nitrogens is 1. The van der Waals surface area contributed by atoms with Crippen molar-refractivity contribution in [1.82, 2.24) is 0 Å². The van der Waals surface area contributed by atoms with E-state index in [2.05, 4.69) is 61.9 Å². The number of hydrogen-bond acceptors (Lipinski definition) is 9. The van der Waals surface area contributed by atoms with E-state index in [1.165, 1.54) is 0 Å². The average molecular weight is 859 g/mol. The van der Waals surface area contributed by atoms with E-state index in [0.29, 0.717) is 24.7 Å². The van der Waals surface area contributed by atoms with Gasteiger partial charge in [-0.1, -0.05) is 149 Å². The van der Waals surface area contributed by atoms with Gasteiger partial charge >= 0.3 is 17.9 Å². The van der Waals surface area contributed by atoms with Crippen molar-refractivity contribution in [3.05, 3.63) is 130 Å². The summed E-state index contributed by atoms with van der Waals surface area (Å²) in [5.41, 5.74) is 7.09. The first-order valence-electron chi connectivity index (χ1n) is 21.0. The van der Waals surface area contributed by atoms with E-state index < -0.39 is 29.4 Å². The largest absolute Gasteiger partial charge is 0.481 e. The molecule has 0 aliphatic heterocycles. The molecule has 0 bridgehead atoms. The number of ether oxygens (including phenoxy) is 2. The van der Waals surface area contributed by atoms with Crippen molar-refractivity contribution in [1.29, 1.82) is 0 Å². The van der Waals surface area contributed by atoms with Crippen molar-refractivity contribution in [2.45, 2.75) is 134 Å². The average Bonchev–Trinajstić information content (AvgIpc) is 3.21. The lowest BCUT2D eigenvalue weighted by Gasteiger charge is -2.36. The number of ketones is 2. The molecule has 62 heavy (non-hydrogen) atoms. The Bertz CT molecular complexity index is 1940. The van der Waals surface area contributed by atoms with Crippen LogP contribution in [0.15, 0.2) is 130 Å². The summed E-state index contributed by atoms with van der Waals surface area (Å²) >= 11 is 0. The fourth-order valence-corrected chi connectivity index (χ4v) is 6.53. The Morgan fingerprint density at radius 1 is 0.661 bits per heavy atom. The van der Waals surface area contributed by atoms with Gasteiger partial charge in [-0.25, -0.2) is 4.79 Å². The van der Waals surface area contributed by atoms with Gasteiger partial charge in [0, 0.05) is 20.0 Å². The number of methoxy groups -OCH3 is 1. The van der Waals surface area contributed by atoms with Gasteiger partial charge in [0.25, 0.3) is 0 Å². The van der Waals surface area contributed by atoms with Crippen LogP contribution in [-0.2, 0) is 43.1 Å². The molecule has 0 heterocycles. The van der Waals surface area contributed by atoms with E-state index in [4.69, 9.17) is 14.6 Å². The van der Waals surface area contributed by atoms with Gasteiger partial charge in [-0.2, -0.15) is 5.90 Å². The van der Waals surface area contributed by atoms with Gasteiger partial charge in [-0.15, -0.1) is 0 Å². The fraction of sp³-hybridized carbons (Fsp3) is 0.451. The van der Waals surface area contributed by atoms with Crippen molar-refractivity contribution < 1.29 is 54.1 Å². The van der Waals surface area contributed by atoms with Crippen molar-refractivity contribution in [3.8, 4) is 0 Å². The summed E-state index contributed by atoms with van der Waals surface area (Å²) in [6, 6.07) is 0. The highest BCUT2D eigenvalue weighted by Crippen LogP contribution is 2.42. The second-order valence-corrected chi connectivity index (χ2v) is 16.2. The van der Waals surface area contributed by atoms with E-state index in [1.807, 2.05) is 110 Å². The summed E-state index contributed by atoms with van der Waals surface area (Å²) in [5, 5.41) is 7.89. The smallest absolute Gasteiger partial charge is 0.366 e. The normalized spacial score (nSPS) is 19.9. The first kappa shape index (κ1) is 56.5. The van der Waals surface area contributed by atoms with Crippen LogP contribution in [-0.4, -0.2) is 60.2 Å². The number of aldehydes is 1. The number of carbonyl (C=O) groups is 6. The molecule has 4 N–H and O–H groups in total. The van der Waals surface area contributed by atoms with Gasteiger partial charge in [0.05, 0.1) is 19.3 Å². The molecule has 2 aliphatic rings. The van der Waals surface area contributed by atoms with Crippen LogP contribution < -0.4 is 5.90 Å². The quantitative estimate of drug-likeness (QED) is 0.0584. The number of Topliss-reactive ketones (excluding diaryl/α,β-unsaturated/α-hetero) is 2. The van der Waals surface area contributed by atoms with Crippen molar-refractivity contribution >= 4 is 35.8 Å². The number of rotatable bonds is 18. The molecule has 0 aromatic heterocycles. The van der Waals surface area contributed by atoms with Gasteiger partial charge in [-0.05, 0) is 81.1 Å². The predicted molar refractivity (Wildman–Crippen MR) is 246 cm³/mol. The molecule has 0 amide bonds. The lowest BCUT2D eigenvalue weighted by Crippen LogP contribution is -2.51. The maximum absolute atomic E-state index is 13.0. The molecule has 11 heteroatoms. The predicted octanol–water partition coefficient (Wildman–Crippen LogP) is 9.67. The molecule has 2 unspecified atom stereocenters. The Balaban J connectivity index is 0.00000374. The van der Waals surface area contributed by atoms with Gasteiger partial charge in [0.1, 0.15) is 12.4 Å². The van der Waals surface area contributed by atoms with Crippen molar-refractivity contribution in [2.75, 3.05) is 7.11 Å². The Morgan fingerprint density at radius 2 is 1.05 bits per heavy atom. The highest BCUT2D eigenvalue weighted by molar-refractivity contribution is 6.02. The number of carboxylic acids is 1. The van der Waals surface area contributed by atoms with Crippen LogP contribution >= 0.6 is 0 Å². The third kappa shape index (κ3) is 20.8. The Kier molecular flexibility index (Phi) is 26.3. The number of hydrogen-bond donors (Lipinski definition) is 2. The Hall–Kier alpha value is -5.52. The van der Waals surface area contributed by atoms with Gasteiger partial charge in [0.15, 0.2) is 17.7 Å². The van der Waals surface area contributed by atoms with Crippen LogP contribution in [0.2, 0.25) is 0 Å². The molecule has 2 rings (SSSR count). The van der Waals surface area contributed by atoms with E-state index in [0.717, 1.165) is 39.0 Å². The molecule has 0 aromatic rings. The number of aliphatic carboxylic acids is 1. The highest BCUT2D eigenvalue weighted by atomic mass is 16.7. The van der Waals surface area contributed by atoms with Crippen LogP contribution in [0.1, 0.15) is 122 Å². The maximum Gasteiger partial charge on any atom is 0.366 e. The first-order valence-corrected chi connectivity index (χ1v) is 21.0. The molecule has 0 radical (unpaired) electrons. The summed E-state index contributed by atoms with van der Waals surface area (Å²) in [6.45, 7) is 24.1. The zero-order chi connectivity index (χ0) is 47.6. The second kappa shape index (κ2) is 28.9. The summed E-state index contributed by atoms with van der Waals surface area (Å²) in [5.74, 6) is 0.740. The fourth-order valence-electron chi connectivity index (χ4n) is 6.53. The minimum atomic E-state index is -0.924. The van der Waals surface area contributed by atoms with E-state index in [-0.39, 0.29) is 48.8 Å². The molecule has 11 nitrogen and oxygen atoms in total. The molecular formula is C51H72NO10+. The molecule has 0 saturated heterocycles. The van der Waals surface area contributed by atoms with Crippen molar-refractivity contribution in [3.63, 3.8) is 0 Å². The van der Waals surface area contributed by atoms with Gasteiger partial charge in [0.2, 0.25) is 0 Å². The SMILES string of the molecule is CC.COC1CC(C)(C)C(/C=C/C(C)=C/C=C/C(C)=C/C=C/C=C(C)/C=C/C=C(C)/C=C/C2=C(C)C(=O)C(OC(=O)CCC(=O)O[NH3+])CC2(C)C)=C(C)C1=O.O=CCCC(=O)O. The summed E-state index contributed by atoms with van der Waals surface area (Å²) in [4.78, 5) is 72.5. The molecule has 0 spiro atoms. The molecule has 0 saturated carbocycles. The highest BCUT2D eigenvalue weighted by Gasteiger charge is 2.40. The van der Waals surface area contributed by atoms with Crippen LogP contribution in [0.4, 0.5) is 0 Å². The Labute approximate surface area is 370 Å². The topological polar surface area (TPSA) is 178 Å². The minimum absolute atomic E-state index is 0.0521.